The summed E-state index contributed by atoms with van der Waals surface area (Å²) in [5.41, 5.74) is 1.98. The first-order valence-electron chi connectivity index (χ1n) is 9.44. The topological polar surface area (TPSA) is 79.6 Å². The van der Waals surface area contributed by atoms with E-state index in [2.05, 4.69) is 5.32 Å². The molecule has 0 radical (unpaired) electrons. The van der Waals surface area contributed by atoms with Gasteiger partial charge in [0.25, 0.3) is 15.9 Å². The predicted octanol–water partition coefficient (Wildman–Crippen LogP) is 3.91. The maximum absolute atomic E-state index is 13.4. The number of carbonyl (C=O) groups is 1. The molecule has 1 aliphatic rings. The molecule has 1 N–H and O–H groups in total. The van der Waals surface area contributed by atoms with Crippen LogP contribution in [-0.2, 0) is 16.4 Å². The van der Waals surface area contributed by atoms with E-state index in [-0.39, 0.29) is 28.4 Å². The number of fused-ring (bicyclic) bond motifs is 1. The summed E-state index contributed by atoms with van der Waals surface area (Å²) in [6, 6.07) is 16.7. The molecular weight excluding hydrogens is 388 g/mol. The summed E-state index contributed by atoms with van der Waals surface area (Å²) < 4.78 is 33.5. The largest absolute Gasteiger partial charge is 0.467 e. The Hall–Kier alpha value is -3.06. The van der Waals surface area contributed by atoms with Gasteiger partial charge in [-0.25, -0.2) is 8.42 Å². The molecule has 2 unspecified atom stereocenters. The second kappa shape index (κ2) is 7.40. The Kier molecular flexibility index (Phi) is 4.92. The molecule has 0 bridgehead atoms. The Morgan fingerprint density at radius 2 is 1.93 bits per heavy atom. The highest BCUT2D eigenvalue weighted by atomic mass is 32.2. The molecule has 3 aromatic rings. The van der Waals surface area contributed by atoms with Crippen LogP contribution < -0.4 is 9.62 Å². The highest BCUT2D eigenvalue weighted by Gasteiger charge is 2.36. The van der Waals surface area contributed by atoms with Crippen LogP contribution in [0.2, 0.25) is 0 Å². The molecule has 2 aromatic carbocycles. The molecule has 150 valence electrons. The summed E-state index contributed by atoms with van der Waals surface area (Å²) in [4.78, 5) is 12.7. The number of furan rings is 1. The predicted molar refractivity (Wildman–Crippen MR) is 110 cm³/mol. The normalized spacial score (nSPS) is 17.0. The second-order valence-electron chi connectivity index (χ2n) is 7.22. The van der Waals surface area contributed by atoms with Gasteiger partial charge in [0, 0.05) is 11.6 Å². The monoisotopic (exact) mass is 410 g/mol. The molecule has 0 saturated heterocycles. The summed E-state index contributed by atoms with van der Waals surface area (Å²) in [5.74, 6) is 0.269. The Morgan fingerprint density at radius 1 is 1.14 bits per heavy atom. The smallest absolute Gasteiger partial charge is 0.264 e. The van der Waals surface area contributed by atoms with Crippen LogP contribution in [0.4, 0.5) is 5.69 Å². The van der Waals surface area contributed by atoms with E-state index in [1.54, 1.807) is 37.5 Å². The molecule has 6 nitrogen and oxygen atoms in total. The number of anilines is 1. The molecule has 0 aliphatic carbocycles. The minimum atomic E-state index is -3.79. The van der Waals surface area contributed by atoms with Crippen LogP contribution in [-0.4, -0.2) is 20.4 Å². The van der Waals surface area contributed by atoms with E-state index < -0.39 is 10.0 Å². The number of hydrogen-bond acceptors (Lipinski definition) is 4. The van der Waals surface area contributed by atoms with Gasteiger partial charge in [0.05, 0.1) is 22.9 Å². The lowest BCUT2D eigenvalue weighted by atomic mass is 10.1. The summed E-state index contributed by atoms with van der Waals surface area (Å²) in [6.07, 6.45) is 2.20. The standard InChI is InChI=1S/C22H22N2O4S/c1-15-13-17-7-3-4-10-20(17)24(15)29(26,27)19-9-5-8-18(14-19)22(25)23-16(2)21-11-6-12-28-21/h3-12,14-16H,13H2,1-2H3,(H,23,25). The van der Waals surface area contributed by atoms with E-state index in [1.165, 1.54) is 16.4 Å². The SMILES string of the molecule is CC(NC(=O)c1cccc(S(=O)(=O)N2c3ccccc3CC2C)c1)c1ccco1. The first-order chi connectivity index (χ1) is 13.9. The van der Waals surface area contributed by atoms with E-state index in [1.807, 2.05) is 31.2 Å². The first kappa shape index (κ1) is 19.3. The van der Waals surface area contributed by atoms with Crippen LogP contribution in [0.25, 0.3) is 0 Å². The van der Waals surface area contributed by atoms with Crippen molar-refractivity contribution in [3.05, 3.63) is 83.8 Å². The van der Waals surface area contributed by atoms with Crippen LogP contribution >= 0.6 is 0 Å². The lowest BCUT2D eigenvalue weighted by molar-refractivity contribution is 0.0935. The van der Waals surface area contributed by atoms with Gasteiger partial charge in [-0.3, -0.25) is 9.10 Å². The van der Waals surface area contributed by atoms with Crippen LogP contribution in [0.5, 0.6) is 0 Å². The highest BCUT2D eigenvalue weighted by molar-refractivity contribution is 7.92. The van der Waals surface area contributed by atoms with Crippen molar-refractivity contribution < 1.29 is 17.6 Å². The third-order valence-corrected chi connectivity index (χ3v) is 7.04. The fraction of sp³-hybridized carbons (Fsp3) is 0.227. The number of hydrogen-bond donors (Lipinski definition) is 1. The summed E-state index contributed by atoms with van der Waals surface area (Å²) in [6.45, 7) is 3.69. The van der Waals surface area contributed by atoms with Gasteiger partial charge in [-0.1, -0.05) is 24.3 Å². The van der Waals surface area contributed by atoms with Crippen molar-refractivity contribution in [2.75, 3.05) is 4.31 Å². The average molecular weight is 410 g/mol. The van der Waals surface area contributed by atoms with Crippen molar-refractivity contribution in [3.63, 3.8) is 0 Å². The molecule has 2 heterocycles. The quantitative estimate of drug-likeness (QED) is 0.692. The maximum atomic E-state index is 13.4. The van der Waals surface area contributed by atoms with Crippen LogP contribution in [0, 0.1) is 0 Å². The van der Waals surface area contributed by atoms with E-state index in [4.69, 9.17) is 4.42 Å². The maximum Gasteiger partial charge on any atom is 0.264 e. The number of benzene rings is 2. The summed E-state index contributed by atoms with van der Waals surface area (Å²) in [7, 11) is -3.79. The minimum absolute atomic E-state index is 0.0966. The Labute approximate surface area is 170 Å². The van der Waals surface area contributed by atoms with E-state index >= 15 is 0 Å². The zero-order valence-corrected chi connectivity index (χ0v) is 17.0. The number of nitrogens with zero attached hydrogens (tertiary/aromatic N) is 1. The summed E-state index contributed by atoms with van der Waals surface area (Å²) >= 11 is 0. The Balaban J connectivity index is 1.62. The number of nitrogens with one attached hydrogen (secondary N) is 1. The fourth-order valence-corrected chi connectivity index (χ4v) is 5.44. The second-order valence-corrected chi connectivity index (χ2v) is 9.04. The fourth-order valence-electron chi connectivity index (χ4n) is 3.70. The number of carbonyl (C=O) groups excluding carboxylic acids is 1. The zero-order valence-electron chi connectivity index (χ0n) is 16.2. The molecule has 0 spiro atoms. The average Bonchev–Trinajstić information content (AvgIpc) is 3.35. The highest BCUT2D eigenvalue weighted by Crippen LogP contribution is 2.36. The number of rotatable bonds is 5. The first-order valence-corrected chi connectivity index (χ1v) is 10.9. The lowest BCUT2D eigenvalue weighted by Crippen LogP contribution is -2.36. The third-order valence-electron chi connectivity index (χ3n) is 5.12. The zero-order chi connectivity index (χ0) is 20.6. The third kappa shape index (κ3) is 3.53. The molecule has 4 rings (SSSR count). The van der Waals surface area contributed by atoms with Crippen molar-refractivity contribution in [1.82, 2.24) is 5.32 Å². The van der Waals surface area contributed by atoms with Gasteiger partial charge in [-0.05, 0) is 62.2 Å². The molecule has 0 fully saturated rings. The van der Waals surface area contributed by atoms with Gasteiger partial charge < -0.3 is 9.73 Å². The van der Waals surface area contributed by atoms with Crippen LogP contribution in [0.15, 0.2) is 76.2 Å². The molecule has 1 aliphatic heterocycles. The number of sulfonamides is 1. The summed E-state index contributed by atoms with van der Waals surface area (Å²) in [5, 5.41) is 2.83. The molecule has 0 saturated carbocycles. The molecule has 7 heteroatoms. The van der Waals surface area contributed by atoms with Crippen LogP contribution in [0.3, 0.4) is 0 Å². The van der Waals surface area contributed by atoms with Crippen molar-refractivity contribution >= 4 is 21.6 Å². The molecule has 29 heavy (non-hydrogen) atoms. The van der Waals surface area contributed by atoms with Crippen molar-refractivity contribution in [3.8, 4) is 0 Å². The van der Waals surface area contributed by atoms with Crippen molar-refractivity contribution in [2.24, 2.45) is 0 Å². The molecule has 1 aromatic heterocycles. The van der Waals surface area contributed by atoms with Crippen LogP contribution in [0.1, 0.15) is 41.6 Å². The van der Waals surface area contributed by atoms with Gasteiger partial charge in [0.1, 0.15) is 5.76 Å². The van der Waals surface area contributed by atoms with E-state index in [0.717, 1.165) is 5.56 Å². The van der Waals surface area contributed by atoms with Gasteiger partial charge in [-0.15, -0.1) is 0 Å². The molecule has 1 amide bonds. The van der Waals surface area contributed by atoms with Gasteiger partial charge >= 0.3 is 0 Å². The molecule has 2 atom stereocenters. The van der Waals surface area contributed by atoms with Gasteiger partial charge in [0.2, 0.25) is 0 Å². The number of amides is 1. The minimum Gasteiger partial charge on any atom is -0.467 e. The van der Waals surface area contributed by atoms with Gasteiger partial charge in [-0.2, -0.15) is 0 Å². The van der Waals surface area contributed by atoms with E-state index in [9.17, 15) is 13.2 Å². The Morgan fingerprint density at radius 3 is 2.69 bits per heavy atom. The Bertz CT molecular complexity index is 1140. The molecular formula is C22H22N2O4S. The van der Waals surface area contributed by atoms with Crippen molar-refractivity contribution in [1.29, 1.82) is 0 Å². The lowest BCUT2D eigenvalue weighted by Gasteiger charge is -2.24. The van der Waals surface area contributed by atoms with E-state index in [0.29, 0.717) is 17.9 Å². The van der Waals surface area contributed by atoms with Gasteiger partial charge in [0.15, 0.2) is 0 Å². The van der Waals surface area contributed by atoms with Crippen molar-refractivity contribution in [2.45, 2.75) is 37.2 Å². The number of para-hydroxylation sites is 1.